The standard InChI is InChI=1S/C34H40N2O6/c1-33(2,3)42-31(38)35-23-15-14-22-34(4)30(37)41-29(27-20-12-7-13-21-27)28(26-18-10-6-11-19-26)36(34)32(39)40-24-25-16-8-5-9-17-25/h5-13,16-21,28-29H,14-15,22-24H2,1-4H3,(H,35,38)/t28-,29+,34-/m0/s1. The lowest BCUT2D eigenvalue weighted by molar-refractivity contribution is -0.186. The second kappa shape index (κ2) is 13.6. The predicted molar refractivity (Wildman–Crippen MR) is 159 cm³/mol. The first-order valence-electron chi connectivity index (χ1n) is 14.4. The monoisotopic (exact) mass is 572 g/mol. The van der Waals surface area contributed by atoms with Gasteiger partial charge in [0.1, 0.15) is 23.8 Å². The quantitative estimate of drug-likeness (QED) is 0.167. The first-order valence-corrected chi connectivity index (χ1v) is 14.4. The lowest BCUT2D eigenvalue weighted by Crippen LogP contribution is -2.62. The Morgan fingerprint density at radius 2 is 1.45 bits per heavy atom. The van der Waals surface area contributed by atoms with Crippen LogP contribution in [0.25, 0.3) is 0 Å². The summed E-state index contributed by atoms with van der Waals surface area (Å²) in [7, 11) is 0. The second-order valence-corrected chi connectivity index (χ2v) is 11.7. The van der Waals surface area contributed by atoms with E-state index in [4.69, 9.17) is 14.2 Å². The van der Waals surface area contributed by atoms with Crippen LogP contribution in [0.1, 0.15) is 75.8 Å². The van der Waals surface area contributed by atoms with Crippen molar-refractivity contribution in [2.24, 2.45) is 0 Å². The molecule has 3 atom stereocenters. The molecule has 0 saturated carbocycles. The van der Waals surface area contributed by atoms with Crippen LogP contribution in [0.5, 0.6) is 0 Å². The molecule has 4 rings (SSSR count). The summed E-state index contributed by atoms with van der Waals surface area (Å²) < 4.78 is 17.3. The highest BCUT2D eigenvalue weighted by Crippen LogP contribution is 2.47. The van der Waals surface area contributed by atoms with Crippen LogP contribution in [0.4, 0.5) is 9.59 Å². The maximum Gasteiger partial charge on any atom is 0.411 e. The molecule has 1 aliphatic heterocycles. The molecule has 8 nitrogen and oxygen atoms in total. The molecular weight excluding hydrogens is 532 g/mol. The molecule has 0 radical (unpaired) electrons. The minimum Gasteiger partial charge on any atom is -0.453 e. The average molecular weight is 573 g/mol. The third-order valence-electron chi connectivity index (χ3n) is 7.20. The molecule has 0 bridgehead atoms. The van der Waals surface area contributed by atoms with Crippen molar-refractivity contribution in [3.8, 4) is 0 Å². The fourth-order valence-corrected chi connectivity index (χ4v) is 5.14. The molecule has 222 valence electrons. The van der Waals surface area contributed by atoms with Gasteiger partial charge in [-0.05, 0) is 63.6 Å². The Bertz CT molecular complexity index is 1330. The van der Waals surface area contributed by atoms with Crippen molar-refractivity contribution >= 4 is 18.2 Å². The van der Waals surface area contributed by atoms with E-state index in [0.717, 1.165) is 16.7 Å². The van der Waals surface area contributed by atoms with E-state index in [1.807, 2.05) is 91.0 Å². The Hall–Kier alpha value is -4.33. The number of carbonyl (C=O) groups excluding carboxylic acids is 3. The predicted octanol–water partition coefficient (Wildman–Crippen LogP) is 7.12. The largest absolute Gasteiger partial charge is 0.453 e. The van der Waals surface area contributed by atoms with Crippen LogP contribution in [-0.2, 0) is 25.6 Å². The van der Waals surface area contributed by atoms with Gasteiger partial charge in [0.15, 0.2) is 6.10 Å². The van der Waals surface area contributed by atoms with Gasteiger partial charge in [-0.25, -0.2) is 14.4 Å². The van der Waals surface area contributed by atoms with Gasteiger partial charge >= 0.3 is 18.2 Å². The lowest BCUT2D eigenvalue weighted by atomic mass is 9.84. The number of esters is 1. The zero-order valence-corrected chi connectivity index (χ0v) is 24.7. The third-order valence-corrected chi connectivity index (χ3v) is 7.20. The normalized spacial score (nSPS) is 20.4. The Kier molecular flexibility index (Phi) is 9.88. The SMILES string of the molecule is CC(C)(C)OC(=O)NCCCC[C@@]1(C)C(=O)O[C@H](c2ccccc2)[C@H](c2ccccc2)N1C(=O)OCc1ccccc1. The zero-order valence-electron chi connectivity index (χ0n) is 24.7. The number of alkyl carbamates (subject to hydrolysis) is 1. The molecule has 1 saturated heterocycles. The number of nitrogens with one attached hydrogen (secondary N) is 1. The summed E-state index contributed by atoms with van der Waals surface area (Å²) in [4.78, 5) is 41.5. The zero-order chi connectivity index (χ0) is 30.2. The number of benzene rings is 3. The molecule has 0 spiro atoms. The summed E-state index contributed by atoms with van der Waals surface area (Å²) in [6, 6.07) is 27.8. The van der Waals surface area contributed by atoms with E-state index in [-0.39, 0.29) is 6.61 Å². The number of hydrogen-bond acceptors (Lipinski definition) is 6. The molecular formula is C34H40N2O6. The van der Waals surface area contributed by atoms with Crippen LogP contribution in [0.15, 0.2) is 91.0 Å². The molecule has 3 aromatic carbocycles. The van der Waals surface area contributed by atoms with Crippen LogP contribution in [-0.4, -0.2) is 40.7 Å². The number of unbranched alkanes of at least 4 members (excludes halogenated alkanes) is 1. The van der Waals surface area contributed by atoms with Crippen LogP contribution in [0.3, 0.4) is 0 Å². The number of rotatable bonds is 9. The summed E-state index contributed by atoms with van der Waals surface area (Å²) in [5.41, 5.74) is 0.547. The Balaban J connectivity index is 1.61. The Morgan fingerprint density at radius 3 is 2.05 bits per heavy atom. The van der Waals surface area contributed by atoms with Gasteiger partial charge in [0, 0.05) is 6.54 Å². The van der Waals surface area contributed by atoms with Crippen molar-refractivity contribution in [3.05, 3.63) is 108 Å². The molecule has 1 aliphatic rings. The molecule has 0 unspecified atom stereocenters. The number of nitrogens with zero attached hydrogens (tertiary/aromatic N) is 1. The third kappa shape index (κ3) is 7.69. The topological polar surface area (TPSA) is 94.2 Å². The summed E-state index contributed by atoms with van der Waals surface area (Å²) in [6.45, 7) is 7.59. The van der Waals surface area contributed by atoms with Crippen molar-refractivity contribution in [1.29, 1.82) is 0 Å². The molecule has 1 heterocycles. The van der Waals surface area contributed by atoms with Crippen molar-refractivity contribution in [1.82, 2.24) is 10.2 Å². The van der Waals surface area contributed by atoms with E-state index in [1.54, 1.807) is 32.6 Å². The Labute approximate surface area is 248 Å². The highest BCUT2D eigenvalue weighted by Gasteiger charge is 2.55. The van der Waals surface area contributed by atoms with Crippen molar-refractivity contribution in [3.63, 3.8) is 0 Å². The van der Waals surface area contributed by atoms with E-state index < -0.39 is 41.4 Å². The van der Waals surface area contributed by atoms with Gasteiger partial charge in [-0.15, -0.1) is 0 Å². The summed E-state index contributed by atoms with van der Waals surface area (Å²) in [5, 5.41) is 2.75. The first kappa shape index (κ1) is 30.6. The van der Waals surface area contributed by atoms with Gasteiger partial charge in [0.2, 0.25) is 0 Å². The highest BCUT2D eigenvalue weighted by atomic mass is 16.6. The number of ether oxygens (including phenoxy) is 3. The maximum absolute atomic E-state index is 14.0. The molecule has 1 N–H and O–H groups in total. The van der Waals surface area contributed by atoms with Gasteiger partial charge in [-0.3, -0.25) is 4.90 Å². The number of hydrogen-bond donors (Lipinski definition) is 1. The minimum atomic E-state index is -1.31. The molecule has 1 fully saturated rings. The van der Waals surface area contributed by atoms with Gasteiger partial charge in [-0.2, -0.15) is 0 Å². The van der Waals surface area contributed by atoms with Crippen molar-refractivity contribution < 1.29 is 28.6 Å². The lowest BCUT2D eigenvalue weighted by Gasteiger charge is -2.50. The van der Waals surface area contributed by atoms with Crippen LogP contribution in [0.2, 0.25) is 0 Å². The molecule has 0 aromatic heterocycles. The van der Waals surface area contributed by atoms with Crippen LogP contribution < -0.4 is 5.32 Å². The molecule has 8 heteroatoms. The van der Waals surface area contributed by atoms with Gasteiger partial charge in [-0.1, -0.05) is 91.0 Å². The summed E-state index contributed by atoms with van der Waals surface area (Å²) in [6.07, 6.45) is -0.388. The first-order chi connectivity index (χ1) is 20.1. The van der Waals surface area contributed by atoms with Gasteiger partial charge in [0.05, 0.1) is 0 Å². The second-order valence-electron chi connectivity index (χ2n) is 11.7. The van der Waals surface area contributed by atoms with E-state index in [2.05, 4.69) is 5.32 Å². The van der Waals surface area contributed by atoms with Gasteiger partial charge in [0.25, 0.3) is 0 Å². The molecule has 0 aliphatic carbocycles. The molecule has 2 amide bonds. The fraction of sp³-hybridized carbons (Fsp3) is 0.382. The van der Waals surface area contributed by atoms with E-state index in [9.17, 15) is 14.4 Å². The van der Waals surface area contributed by atoms with E-state index in [0.29, 0.717) is 25.8 Å². The van der Waals surface area contributed by atoms with E-state index >= 15 is 0 Å². The molecule has 3 aromatic rings. The van der Waals surface area contributed by atoms with Crippen LogP contribution >= 0.6 is 0 Å². The number of cyclic esters (lactones) is 1. The smallest absolute Gasteiger partial charge is 0.411 e. The maximum atomic E-state index is 14.0. The van der Waals surface area contributed by atoms with Crippen molar-refractivity contribution in [2.75, 3.05) is 6.54 Å². The summed E-state index contributed by atoms with van der Waals surface area (Å²) >= 11 is 0. The molecule has 42 heavy (non-hydrogen) atoms. The van der Waals surface area contributed by atoms with Crippen LogP contribution in [0, 0.1) is 0 Å². The van der Waals surface area contributed by atoms with Gasteiger partial charge < -0.3 is 19.5 Å². The summed E-state index contributed by atoms with van der Waals surface area (Å²) in [5.74, 6) is -0.500. The average Bonchev–Trinajstić information content (AvgIpc) is 2.97. The minimum absolute atomic E-state index is 0.0681. The highest BCUT2D eigenvalue weighted by molar-refractivity contribution is 5.87. The number of amides is 2. The number of carbonyl (C=O) groups is 3. The van der Waals surface area contributed by atoms with E-state index in [1.165, 1.54) is 0 Å². The van der Waals surface area contributed by atoms with Crippen molar-refractivity contribution in [2.45, 2.75) is 76.9 Å². The number of morpholine rings is 1. The fourth-order valence-electron chi connectivity index (χ4n) is 5.14. The Morgan fingerprint density at radius 1 is 0.881 bits per heavy atom.